The average molecular weight is 217 g/mol. The Morgan fingerprint density at radius 1 is 1.20 bits per heavy atom. The topological polar surface area (TPSA) is 63.3 Å². The summed E-state index contributed by atoms with van der Waals surface area (Å²) >= 11 is 0. The maximum absolute atomic E-state index is 10.4. The predicted octanol–water partition coefficient (Wildman–Crippen LogP) is 3.03. The fourth-order valence-corrected chi connectivity index (χ4v) is 1.16. The SMILES string of the molecule is CCCCC(CC)C(=O)O.CCCCN. The molecule has 3 nitrogen and oxygen atoms in total. The fraction of sp³-hybridized carbons (Fsp3) is 0.917. The van der Waals surface area contributed by atoms with Crippen LogP contribution in [0.25, 0.3) is 0 Å². The Hall–Kier alpha value is -0.570. The van der Waals surface area contributed by atoms with E-state index in [1.807, 2.05) is 6.92 Å². The lowest BCUT2D eigenvalue weighted by molar-refractivity contribution is -0.142. The number of carboxylic acids is 1. The molecular formula is C12H27NO2. The van der Waals surface area contributed by atoms with E-state index in [0.29, 0.717) is 0 Å². The van der Waals surface area contributed by atoms with E-state index in [2.05, 4.69) is 13.8 Å². The molecule has 0 aliphatic carbocycles. The quantitative estimate of drug-likeness (QED) is 0.689. The molecule has 0 aliphatic heterocycles. The number of unbranched alkanes of at least 4 members (excludes halogenated alkanes) is 2. The summed E-state index contributed by atoms with van der Waals surface area (Å²) < 4.78 is 0. The first-order valence-corrected chi connectivity index (χ1v) is 6.06. The van der Waals surface area contributed by atoms with E-state index in [1.54, 1.807) is 0 Å². The molecule has 0 aromatic rings. The molecule has 15 heavy (non-hydrogen) atoms. The maximum Gasteiger partial charge on any atom is 0.306 e. The van der Waals surface area contributed by atoms with Crippen molar-refractivity contribution in [1.82, 2.24) is 0 Å². The van der Waals surface area contributed by atoms with E-state index in [4.69, 9.17) is 10.8 Å². The summed E-state index contributed by atoms with van der Waals surface area (Å²) in [6.07, 6.45) is 6.10. The molecule has 0 aromatic carbocycles. The van der Waals surface area contributed by atoms with Crippen LogP contribution >= 0.6 is 0 Å². The zero-order chi connectivity index (χ0) is 12.1. The van der Waals surface area contributed by atoms with Crippen LogP contribution in [0.4, 0.5) is 0 Å². The van der Waals surface area contributed by atoms with Gasteiger partial charge in [-0.25, -0.2) is 0 Å². The third-order valence-electron chi connectivity index (χ3n) is 2.31. The Morgan fingerprint density at radius 2 is 1.73 bits per heavy atom. The van der Waals surface area contributed by atoms with Crippen LogP contribution in [0.1, 0.15) is 59.3 Å². The molecule has 0 radical (unpaired) electrons. The maximum atomic E-state index is 10.4. The zero-order valence-corrected chi connectivity index (χ0v) is 10.5. The zero-order valence-electron chi connectivity index (χ0n) is 10.5. The van der Waals surface area contributed by atoms with Crippen LogP contribution in [0.15, 0.2) is 0 Å². The highest BCUT2D eigenvalue weighted by molar-refractivity contribution is 5.69. The minimum absolute atomic E-state index is 0.111. The number of carboxylic acid groups (broad SMARTS) is 1. The predicted molar refractivity (Wildman–Crippen MR) is 64.9 cm³/mol. The molecule has 0 spiro atoms. The van der Waals surface area contributed by atoms with E-state index in [-0.39, 0.29) is 5.92 Å². The smallest absolute Gasteiger partial charge is 0.306 e. The van der Waals surface area contributed by atoms with Gasteiger partial charge in [-0.2, -0.15) is 0 Å². The molecule has 0 rings (SSSR count). The Kier molecular flexibility index (Phi) is 15.1. The number of hydrogen-bond acceptors (Lipinski definition) is 2. The van der Waals surface area contributed by atoms with Crippen LogP contribution in [0.5, 0.6) is 0 Å². The second kappa shape index (κ2) is 13.4. The molecule has 3 N–H and O–H groups in total. The highest BCUT2D eigenvalue weighted by atomic mass is 16.4. The van der Waals surface area contributed by atoms with Gasteiger partial charge in [0.1, 0.15) is 0 Å². The minimum Gasteiger partial charge on any atom is -0.481 e. The highest BCUT2D eigenvalue weighted by Crippen LogP contribution is 2.11. The average Bonchev–Trinajstić information content (AvgIpc) is 2.20. The largest absolute Gasteiger partial charge is 0.481 e. The molecule has 0 bridgehead atoms. The van der Waals surface area contributed by atoms with Gasteiger partial charge in [-0.1, -0.05) is 40.0 Å². The van der Waals surface area contributed by atoms with Crippen LogP contribution in [0.3, 0.4) is 0 Å². The highest BCUT2D eigenvalue weighted by Gasteiger charge is 2.12. The van der Waals surface area contributed by atoms with E-state index < -0.39 is 5.97 Å². The molecule has 0 saturated heterocycles. The first kappa shape index (κ1) is 16.8. The standard InChI is InChI=1S/C8H16O2.C4H11N/c1-3-5-6-7(4-2)8(9)10;1-2-3-4-5/h7H,3-6H2,1-2H3,(H,9,10);2-5H2,1H3. The summed E-state index contributed by atoms with van der Waals surface area (Å²) in [4.78, 5) is 10.4. The lowest BCUT2D eigenvalue weighted by Crippen LogP contribution is -2.11. The lowest BCUT2D eigenvalue weighted by Gasteiger charge is -2.06. The van der Waals surface area contributed by atoms with Crippen LogP contribution < -0.4 is 5.73 Å². The number of hydrogen-bond donors (Lipinski definition) is 2. The first-order chi connectivity index (χ1) is 7.13. The van der Waals surface area contributed by atoms with Gasteiger partial charge in [-0.05, 0) is 25.8 Å². The normalized spacial score (nSPS) is 11.5. The van der Waals surface area contributed by atoms with Crippen LogP contribution in [-0.2, 0) is 4.79 Å². The third-order valence-corrected chi connectivity index (χ3v) is 2.31. The van der Waals surface area contributed by atoms with Gasteiger partial charge in [0.05, 0.1) is 5.92 Å². The van der Waals surface area contributed by atoms with Crippen molar-refractivity contribution in [2.45, 2.75) is 59.3 Å². The molecule has 0 saturated carbocycles. The summed E-state index contributed by atoms with van der Waals surface area (Å²) in [5.41, 5.74) is 5.14. The van der Waals surface area contributed by atoms with Crippen molar-refractivity contribution in [1.29, 1.82) is 0 Å². The summed E-state index contributed by atoms with van der Waals surface area (Å²) in [6, 6.07) is 0. The van der Waals surface area contributed by atoms with Gasteiger partial charge in [0.2, 0.25) is 0 Å². The summed E-state index contributed by atoms with van der Waals surface area (Å²) in [5.74, 6) is -0.754. The molecule has 0 aromatic heterocycles. The fourth-order valence-electron chi connectivity index (χ4n) is 1.16. The van der Waals surface area contributed by atoms with E-state index >= 15 is 0 Å². The number of aliphatic carboxylic acids is 1. The van der Waals surface area contributed by atoms with E-state index in [1.165, 1.54) is 12.8 Å². The molecule has 0 heterocycles. The molecule has 0 aliphatic rings. The molecule has 1 atom stereocenters. The first-order valence-electron chi connectivity index (χ1n) is 6.06. The van der Waals surface area contributed by atoms with Crippen molar-refractivity contribution in [3.8, 4) is 0 Å². The van der Waals surface area contributed by atoms with Gasteiger partial charge >= 0.3 is 5.97 Å². The monoisotopic (exact) mass is 217 g/mol. The Bertz CT molecular complexity index is 136. The van der Waals surface area contributed by atoms with E-state index in [0.717, 1.165) is 32.2 Å². The van der Waals surface area contributed by atoms with Gasteiger partial charge in [-0.3, -0.25) is 4.79 Å². The van der Waals surface area contributed by atoms with Crippen molar-refractivity contribution in [3.63, 3.8) is 0 Å². The number of carbonyl (C=O) groups is 1. The van der Waals surface area contributed by atoms with Crippen molar-refractivity contribution >= 4 is 5.97 Å². The van der Waals surface area contributed by atoms with Gasteiger partial charge in [0, 0.05) is 0 Å². The Morgan fingerprint density at radius 3 is 1.93 bits per heavy atom. The van der Waals surface area contributed by atoms with Gasteiger partial charge in [0.25, 0.3) is 0 Å². The van der Waals surface area contributed by atoms with Gasteiger partial charge < -0.3 is 10.8 Å². The van der Waals surface area contributed by atoms with E-state index in [9.17, 15) is 4.79 Å². The van der Waals surface area contributed by atoms with Crippen molar-refractivity contribution in [3.05, 3.63) is 0 Å². The Balaban J connectivity index is 0. The molecule has 0 fully saturated rings. The number of rotatable bonds is 7. The number of nitrogens with two attached hydrogens (primary N) is 1. The molecule has 1 unspecified atom stereocenters. The van der Waals surface area contributed by atoms with Crippen molar-refractivity contribution in [2.75, 3.05) is 6.54 Å². The van der Waals surface area contributed by atoms with Crippen LogP contribution in [0.2, 0.25) is 0 Å². The summed E-state index contributed by atoms with van der Waals surface area (Å²) in [6.45, 7) is 6.98. The summed E-state index contributed by atoms with van der Waals surface area (Å²) in [7, 11) is 0. The second-order valence-electron chi connectivity index (χ2n) is 3.73. The van der Waals surface area contributed by atoms with Crippen molar-refractivity contribution in [2.24, 2.45) is 11.7 Å². The molecule has 0 amide bonds. The third kappa shape index (κ3) is 13.4. The molecule has 3 heteroatoms. The summed E-state index contributed by atoms with van der Waals surface area (Å²) in [5, 5.41) is 8.60. The van der Waals surface area contributed by atoms with Crippen molar-refractivity contribution < 1.29 is 9.90 Å². The molecular weight excluding hydrogens is 190 g/mol. The van der Waals surface area contributed by atoms with Gasteiger partial charge in [0.15, 0.2) is 0 Å². The van der Waals surface area contributed by atoms with Crippen LogP contribution in [-0.4, -0.2) is 17.6 Å². The van der Waals surface area contributed by atoms with Crippen LogP contribution in [0, 0.1) is 5.92 Å². The minimum atomic E-state index is -0.643. The van der Waals surface area contributed by atoms with Gasteiger partial charge in [-0.15, -0.1) is 0 Å². The second-order valence-corrected chi connectivity index (χ2v) is 3.73. The Labute approximate surface area is 94.1 Å². The molecule has 92 valence electrons. The lowest BCUT2D eigenvalue weighted by atomic mass is 10.00.